The minimum absolute atomic E-state index is 0.109. The van der Waals surface area contributed by atoms with Crippen molar-refractivity contribution >= 4 is 5.97 Å². The standard InChI is InChI=1S/C10H11NO3/c1-3-7(2)11-6-9-8(10(12)13)4-5-14-9/h1,4-5,7,11H,6H2,2H3,(H,12,13). The van der Waals surface area contributed by atoms with Gasteiger partial charge in [-0.3, -0.25) is 5.32 Å². The first kappa shape index (κ1) is 10.4. The Kier molecular flexibility index (Phi) is 3.32. The van der Waals surface area contributed by atoms with Crippen LogP contribution in [-0.2, 0) is 6.54 Å². The topological polar surface area (TPSA) is 62.5 Å². The van der Waals surface area contributed by atoms with Gasteiger partial charge in [0.25, 0.3) is 0 Å². The number of nitrogens with one attached hydrogen (secondary N) is 1. The lowest BCUT2D eigenvalue weighted by Crippen LogP contribution is -2.24. The summed E-state index contributed by atoms with van der Waals surface area (Å²) in [6, 6.07) is 1.31. The molecule has 1 unspecified atom stereocenters. The Morgan fingerprint density at radius 1 is 1.86 bits per heavy atom. The molecule has 1 aromatic rings. The fourth-order valence-corrected chi connectivity index (χ4v) is 0.973. The van der Waals surface area contributed by atoms with Gasteiger partial charge in [0.2, 0.25) is 0 Å². The van der Waals surface area contributed by atoms with Gasteiger partial charge in [-0.2, -0.15) is 0 Å². The third-order valence-corrected chi connectivity index (χ3v) is 1.79. The van der Waals surface area contributed by atoms with E-state index in [9.17, 15) is 4.79 Å². The molecular formula is C10H11NO3. The van der Waals surface area contributed by atoms with Gasteiger partial charge in [-0.1, -0.05) is 5.92 Å². The highest BCUT2D eigenvalue weighted by molar-refractivity contribution is 5.88. The van der Waals surface area contributed by atoms with Crippen molar-refractivity contribution in [3.05, 3.63) is 23.7 Å². The third kappa shape index (κ3) is 2.38. The molecule has 1 rings (SSSR count). The van der Waals surface area contributed by atoms with Crippen molar-refractivity contribution in [2.45, 2.75) is 19.5 Å². The number of carboxylic acids is 1. The first-order chi connectivity index (χ1) is 6.65. The minimum Gasteiger partial charge on any atom is -0.478 e. The summed E-state index contributed by atoms with van der Waals surface area (Å²) in [5.41, 5.74) is 0.168. The molecule has 14 heavy (non-hydrogen) atoms. The highest BCUT2D eigenvalue weighted by atomic mass is 16.4. The van der Waals surface area contributed by atoms with Crippen molar-refractivity contribution in [2.75, 3.05) is 0 Å². The maximum atomic E-state index is 10.7. The van der Waals surface area contributed by atoms with Crippen molar-refractivity contribution in [3.63, 3.8) is 0 Å². The number of hydrogen-bond donors (Lipinski definition) is 2. The Labute approximate surface area is 81.9 Å². The van der Waals surface area contributed by atoms with Crippen molar-refractivity contribution in [1.29, 1.82) is 0 Å². The van der Waals surface area contributed by atoms with Crippen molar-refractivity contribution < 1.29 is 14.3 Å². The highest BCUT2D eigenvalue weighted by Crippen LogP contribution is 2.10. The van der Waals surface area contributed by atoms with Crippen molar-refractivity contribution in [3.8, 4) is 12.3 Å². The Hall–Kier alpha value is -1.73. The molecule has 74 valence electrons. The second kappa shape index (κ2) is 4.49. The molecule has 0 bridgehead atoms. The van der Waals surface area contributed by atoms with Crippen molar-refractivity contribution in [1.82, 2.24) is 5.32 Å². The first-order valence-corrected chi connectivity index (χ1v) is 4.14. The summed E-state index contributed by atoms with van der Waals surface area (Å²) >= 11 is 0. The van der Waals surface area contributed by atoms with Crippen LogP contribution in [-0.4, -0.2) is 17.1 Å². The number of furan rings is 1. The van der Waals surface area contributed by atoms with E-state index in [1.807, 2.05) is 6.92 Å². The van der Waals surface area contributed by atoms with Gasteiger partial charge >= 0.3 is 5.97 Å². The normalized spacial score (nSPS) is 12.0. The van der Waals surface area contributed by atoms with Crippen LogP contribution in [0.15, 0.2) is 16.7 Å². The molecular weight excluding hydrogens is 182 g/mol. The fraction of sp³-hybridized carbons (Fsp3) is 0.300. The molecule has 0 radical (unpaired) electrons. The van der Waals surface area contributed by atoms with Crippen LogP contribution in [0.4, 0.5) is 0 Å². The number of terminal acetylenes is 1. The number of carbonyl (C=O) groups is 1. The van der Waals surface area contributed by atoms with E-state index in [4.69, 9.17) is 15.9 Å². The molecule has 0 aliphatic rings. The molecule has 1 heterocycles. The van der Waals surface area contributed by atoms with Gasteiger partial charge in [0.1, 0.15) is 11.3 Å². The summed E-state index contributed by atoms with van der Waals surface area (Å²) in [5, 5.41) is 11.7. The zero-order valence-electron chi connectivity index (χ0n) is 7.78. The summed E-state index contributed by atoms with van der Waals surface area (Å²) in [7, 11) is 0. The summed E-state index contributed by atoms with van der Waals surface area (Å²) in [6.45, 7) is 2.13. The van der Waals surface area contributed by atoms with Gasteiger partial charge in [-0.05, 0) is 13.0 Å². The van der Waals surface area contributed by atoms with E-state index in [0.717, 1.165) is 0 Å². The second-order valence-corrected chi connectivity index (χ2v) is 2.83. The van der Waals surface area contributed by atoms with Gasteiger partial charge in [-0.15, -0.1) is 6.42 Å². The van der Waals surface area contributed by atoms with E-state index in [0.29, 0.717) is 12.3 Å². The van der Waals surface area contributed by atoms with E-state index < -0.39 is 5.97 Å². The van der Waals surface area contributed by atoms with Gasteiger partial charge in [0.15, 0.2) is 0 Å². The number of carboxylic acid groups (broad SMARTS) is 1. The van der Waals surface area contributed by atoms with E-state index >= 15 is 0 Å². The quantitative estimate of drug-likeness (QED) is 0.702. The summed E-state index contributed by atoms with van der Waals surface area (Å²) in [4.78, 5) is 10.7. The van der Waals surface area contributed by atoms with Crippen LogP contribution in [0.25, 0.3) is 0 Å². The predicted octanol–water partition coefficient (Wildman–Crippen LogP) is 1.09. The van der Waals surface area contributed by atoms with Crippen LogP contribution >= 0.6 is 0 Å². The smallest absolute Gasteiger partial charge is 0.339 e. The summed E-state index contributed by atoms with van der Waals surface area (Å²) in [5.74, 6) is 1.87. The molecule has 0 aliphatic heterocycles. The molecule has 0 saturated heterocycles. The van der Waals surface area contributed by atoms with Gasteiger partial charge in [0, 0.05) is 0 Å². The van der Waals surface area contributed by atoms with Crippen LogP contribution in [0.3, 0.4) is 0 Å². The minimum atomic E-state index is -0.996. The van der Waals surface area contributed by atoms with Crippen LogP contribution in [0.5, 0.6) is 0 Å². The number of hydrogen-bond acceptors (Lipinski definition) is 3. The van der Waals surface area contributed by atoms with Crippen LogP contribution in [0, 0.1) is 12.3 Å². The Bertz CT molecular complexity index is 362. The van der Waals surface area contributed by atoms with Gasteiger partial charge in [0.05, 0.1) is 18.8 Å². The molecule has 4 nitrogen and oxygen atoms in total. The number of rotatable bonds is 4. The fourth-order valence-electron chi connectivity index (χ4n) is 0.973. The molecule has 0 aliphatic carbocycles. The number of aromatic carboxylic acids is 1. The third-order valence-electron chi connectivity index (χ3n) is 1.79. The van der Waals surface area contributed by atoms with Crippen LogP contribution in [0.2, 0.25) is 0 Å². The first-order valence-electron chi connectivity index (χ1n) is 4.14. The van der Waals surface area contributed by atoms with E-state index in [-0.39, 0.29) is 11.6 Å². The predicted molar refractivity (Wildman–Crippen MR) is 50.8 cm³/mol. The molecule has 0 fully saturated rings. The lowest BCUT2D eigenvalue weighted by atomic mass is 10.2. The lowest BCUT2D eigenvalue weighted by Gasteiger charge is -2.05. The monoisotopic (exact) mass is 193 g/mol. The Balaban J connectivity index is 2.64. The van der Waals surface area contributed by atoms with Crippen LogP contribution in [0.1, 0.15) is 23.0 Å². The van der Waals surface area contributed by atoms with E-state index in [1.54, 1.807) is 0 Å². The van der Waals surface area contributed by atoms with Gasteiger partial charge < -0.3 is 9.52 Å². The summed E-state index contributed by atoms with van der Waals surface area (Å²) in [6.07, 6.45) is 6.50. The zero-order valence-corrected chi connectivity index (χ0v) is 7.78. The average Bonchev–Trinajstić information content (AvgIpc) is 2.62. The Morgan fingerprint density at radius 3 is 3.14 bits per heavy atom. The molecule has 1 aromatic heterocycles. The molecule has 0 aromatic carbocycles. The second-order valence-electron chi connectivity index (χ2n) is 2.83. The molecule has 0 spiro atoms. The average molecular weight is 193 g/mol. The Morgan fingerprint density at radius 2 is 2.57 bits per heavy atom. The summed E-state index contributed by atoms with van der Waals surface area (Å²) < 4.78 is 5.01. The zero-order chi connectivity index (χ0) is 10.6. The van der Waals surface area contributed by atoms with Crippen LogP contribution < -0.4 is 5.32 Å². The molecule has 0 amide bonds. The highest BCUT2D eigenvalue weighted by Gasteiger charge is 2.12. The van der Waals surface area contributed by atoms with E-state index in [1.165, 1.54) is 12.3 Å². The molecule has 1 atom stereocenters. The molecule has 0 saturated carbocycles. The maximum Gasteiger partial charge on any atom is 0.339 e. The van der Waals surface area contributed by atoms with E-state index in [2.05, 4.69) is 11.2 Å². The maximum absolute atomic E-state index is 10.7. The van der Waals surface area contributed by atoms with Crippen molar-refractivity contribution in [2.24, 2.45) is 0 Å². The SMILES string of the molecule is C#CC(C)NCc1occc1C(=O)O. The van der Waals surface area contributed by atoms with Gasteiger partial charge in [-0.25, -0.2) is 4.79 Å². The lowest BCUT2D eigenvalue weighted by molar-refractivity contribution is 0.0694. The molecule has 4 heteroatoms. The molecule has 2 N–H and O–H groups in total. The largest absolute Gasteiger partial charge is 0.478 e.